The molecule has 0 bridgehead atoms. The second-order valence-corrected chi connectivity index (χ2v) is 6.68. The summed E-state index contributed by atoms with van der Waals surface area (Å²) < 4.78 is 26.6. The number of benzene rings is 1. The van der Waals surface area contributed by atoms with Gasteiger partial charge in [-0.1, -0.05) is 17.7 Å². The molecule has 138 valence electrons. The van der Waals surface area contributed by atoms with Crippen molar-refractivity contribution in [2.24, 2.45) is 0 Å². The number of amides is 1. The highest BCUT2D eigenvalue weighted by Crippen LogP contribution is 2.32. The molecule has 27 heavy (non-hydrogen) atoms. The molecule has 2 aromatic heterocycles. The van der Waals surface area contributed by atoms with Crippen LogP contribution in [0.3, 0.4) is 0 Å². The van der Waals surface area contributed by atoms with Crippen molar-refractivity contribution >= 4 is 17.5 Å². The van der Waals surface area contributed by atoms with Crippen LogP contribution >= 0.6 is 11.6 Å². The molecule has 1 saturated heterocycles. The molecular formula is C18H14ClF2N5O. The zero-order valence-electron chi connectivity index (χ0n) is 14.0. The molecule has 3 aromatic rings. The van der Waals surface area contributed by atoms with Gasteiger partial charge in [0.15, 0.2) is 11.6 Å². The minimum atomic E-state index is -0.885. The van der Waals surface area contributed by atoms with Crippen LogP contribution in [0.1, 0.15) is 28.4 Å². The third kappa shape index (κ3) is 3.28. The van der Waals surface area contributed by atoms with Crippen LogP contribution in [0, 0.1) is 11.6 Å². The van der Waals surface area contributed by atoms with E-state index in [1.807, 2.05) is 0 Å². The quantitative estimate of drug-likeness (QED) is 0.744. The summed E-state index contributed by atoms with van der Waals surface area (Å²) in [5, 5.41) is 14.5. The summed E-state index contributed by atoms with van der Waals surface area (Å²) in [6.07, 6.45) is 3.67. The average molecular weight is 390 g/mol. The van der Waals surface area contributed by atoms with E-state index in [4.69, 9.17) is 11.6 Å². The summed E-state index contributed by atoms with van der Waals surface area (Å²) >= 11 is 6.34. The minimum Gasteiger partial charge on any atom is -0.337 e. The van der Waals surface area contributed by atoms with Crippen LogP contribution in [0.25, 0.3) is 11.3 Å². The van der Waals surface area contributed by atoms with Crippen molar-refractivity contribution in [3.05, 3.63) is 64.6 Å². The van der Waals surface area contributed by atoms with Gasteiger partial charge >= 0.3 is 0 Å². The van der Waals surface area contributed by atoms with Crippen LogP contribution in [0.15, 0.2) is 36.7 Å². The van der Waals surface area contributed by atoms with Gasteiger partial charge < -0.3 is 4.90 Å². The summed E-state index contributed by atoms with van der Waals surface area (Å²) in [5.74, 6) is -2.11. The first-order valence-electron chi connectivity index (χ1n) is 8.29. The van der Waals surface area contributed by atoms with Crippen LogP contribution in [0.5, 0.6) is 0 Å². The summed E-state index contributed by atoms with van der Waals surface area (Å²) in [7, 11) is 0. The summed E-state index contributed by atoms with van der Waals surface area (Å²) in [4.78, 5) is 14.4. The molecule has 9 heteroatoms. The molecule has 1 aliphatic rings. The molecule has 1 fully saturated rings. The first-order valence-corrected chi connectivity index (χ1v) is 8.67. The van der Waals surface area contributed by atoms with Crippen molar-refractivity contribution in [2.45, 2.75) is 12.3 Å². The smallest absolute Gasteiger partial charge is 0.273 e. The van der Waals surface area contributed by atoms with E-state index in [-0.39, 0.29) is 22.5 Å². The molecule has 1 aliphatic heterocycles. The monoisotopic (exact) mass is 389 g/mol. The average Bonchev–Trinajstić information content (AvgIpc) is 3.31. The number of hydrogen-bond donors (Lipinski definition) is 1. The molecule has 4 rings (SSSR count). The van der Waals surface area contributed by atoms with E-state index in [1.54, 1.807) is 17.0 Å². The van der Waals surface area contributed by atoms with Crippen molar-refractivity contribution < 1.29 is 13.6 Å². The Kier molecular flexibility index (Phi) is 4.57. The molecule has 1 atom stereocenters. The SMILES string of the molecule is O=C(c1[nH]nc(-c2ccnnc2)c1Cl)N1CCC(c2ccc(F)c(F)c2)C1. The number of nitrogens with zero attached hydrogens (tertiary/aromatic N) is 4. The second-order valence-electron chi connectivity index (χ2n) is 6.30. The van der Waals surface area contributed by atoms with Crippen LogP contribution in [0.4, 0.5) is 8.78 Å². The number of aromatic nitrogens is 4. The Morgan fingerprint density at radius 1 is 1.22 bits per heavy atom. The van der Waals surface area contributed by atoms with Crippen LogP contribution < -0.4 is 0 Å². The van der Waals surface area contributed by atoms with Crippen molar-refractivity contribution in [1.82, 2.24) is 25.3 Å². The van der Waals surface area contributed by atoms with E-state index in [0.29, 0.717) is 36.3 Å². The van der Waals surface area contributed by atoms with E-state index in [9.17, 15) is 13.6 Å². The van der Waals surface area contributed by atoms with Gasteiger partial charge in [-0.15, -0.1) is 0 Å². The largest absolute Gasteiger partial charge is 0.337 e. The minimum absolute atomic E-state index is 0.0605. The fourth-order valence-electron chi connectivity index (χ4n) is 3.23. The van der Waals surface area contributed by atoms with Crippen LogP contribution in [0.2, 0.25) is 5.02 Å². The second kappa shape index (κ2) is 7.03. The van der Waals surface area contributed by atoms with Crippen molar-refractivity contribution in [2.75, 3.05) is 13.1 Å². The topological polar surface area (TPSA) is 74.8 Å². The highest BCUT2D eigenvalue weighted by atomic mass is 35.5. The zero-order valence-corrected chi connectivity index (χ0v) is 14.7. The molecule has 0 saturated carbocycles. The van der Waals surface area contributed by atoms with Gasteiger partial charge in [0.05, 0.1) is 17.4 Å². The van der Waals surface area contributed by atoms with E-state index in [1.165, 1.54) is 18.5 Å². The molecule has 1 aromatic carbocycles. The maximum absolute atomic E-state index is 13.5. The Labute approximate surface area is 158 Å². The third-order valence-corrected chi connectivity index (χ3v) is 5.04. The Bertz CT molecular complexity index is 995. The van der Waals surface area contributed by atoms with Gasteiger partial charge in [0.25, 0.3) is 5.91 Å². The molecule has 6 nitrogen and oxygen atoms in total. The lowest BCUT2D eigenvalue weighted by Crippen LogP contribution is -2.29. The normalized spacial score (nSPS) is 16.7. The first kappa shape index (κ1) is 17.5. The van der Waals surface area contributed by atoms with Gasteiger partial charge in [0.2, 0.25) is 0 Å². The number of carbonyl (C=O) groups excluding carboxylic acids is 1. The van der Waals surface area contributed by atoms with Gasteiger partial charge in [-0.3, -0.25) is 9.89 Å². The number of H-pyrrole nitrogens is 1. The lowest BCUT2D eigenvalue weighted by Gasteiger charge is -2.16. The van der Waals surface area contributed by atoms with E-state index >= 15 is 0 Å². The highest BCUT2D eigenvalue weighted by Gasteiger charge is 2.31. The molecule has 1 unspecified atom stereocenters. The van der Waals surface area contributed by atoms with Gasteiger partial charge in [-0.05, 0) is 30.2 Å². The van der Waals surface area contributed by atoms with Crippen LogP contribution in [-0.4, -0.2) is 44.3 Å². The molecule has 3 heterocycles. The number of carbonyl (C=O) groups is 1. The third-order valence-electron chi connectivity index (χ3n) is 4.67. The first-order chi connectivity index (χ1) is 13.0. The van der Waals surface area contributed by atoms with Gasteiger partial charge in [-0.25, -0.2) is 8.78 Å². The Morgan fingerprint density at radius 3 is 2.81 bits per heavy atom. The molecule has 0 radical (unpaired) electrons. The lowest BCUT2D eigenvalue weighted by atomic mass is 9.98. The summed E-state index contributed by atoms with van der Waals surface area (Å²) in [5.41, 5.74) is 1.93. The molecule has 0 aliphatic carbocycles. The molecule has 1 amide bonds. The predicted molar refractivity (Wildman–Crippen MR) is 94.2 cm³/mol. The van der Waals surface area contributed by atoms with Gasteiger partial charge in [0.1, 0.15) is 11.4 Å². The standard InChI is InChI=1S/C18H14ClF2N5O/c19-15-16(11-3-5-22-23-8-11)24-25-17(15)18(27)26-6-4-12(9-26)10-1-2-13(20)14(21)7-10/h1-3,5,7-8,12H,4,6,9H2,(H,24,25). The lowest BCUT2D eigenvalue weighted by molar-refractivity contribution is 0.0785. The maximum Gasteiger partial charge on any atom is 0.273 e. The van der Waals surface area contributed by atoms with E-state index in [2.05, 4.69) is 20.4 Å². The molecule has 0 spiro atoms. The van der Waals surface area contributed by atoms with Crippen molar-refractivity contribution in [3.8, 4) is 11.3 Å². The fourth-order valence-corrected chi connectivity index (χ4v) is 3.51. The predicted octanol–water partition coefficient (Wildman–Crippen LogP) is 3.43. The molecular weight excluding hydrogens is 376 g/mol. The highest BCUT2D eigenvalue weighted by molar-refractivity contribution is 6.36. The Balaban J connectivity index is 1.53. The fraction of sp³-hybridized carbons (Fsp3) is 0.222. The summed E-state index contributed by atoms with van der Waals surface area (Å²) in [6.45, 7) is 0.884. The van der Waals surface area contributed by atoms with Gasteiger partial charge in [0, 0.05) is 24.6 Å². The molecule has 1 N–H and O–H groups in total. The number of nitrogens with one attached hydrogen (secondary N) is 1. The Hall–Kier alpha value is -2.87. The van der Waals surface area contributed by atoms with E-state index in [0.717, 1.165) is 6.07 Å². The van der Waals surface area contributed by atoms with E-state index < -0.39 is 11.6 Å². The number of rotatable bonds is 3. The zero-order chi connectivity index (χ0) is 19.0. The number of likely N-dealkylation sites (tertiary alicyclic amines) is 1. The Morgan fingerprint density at radius 2 is 2.07 bits per heavy atom. The number of halogens is 3. The maximum atomic E-state index is 13.5. The van der Waals surface area contributed by atoms with Gasteiger partial charge in [-0.2, -0.15) is 15.3 Å². The van der Waals surface area contributed by atoms with Crippen molar-refractivity contribution in [1.29, 1.82) is 0 Å². The number of hydrogen-bond acceptors (Lipinski definition) is 4. The van der Waals surface area contributed by atoms with Crippen LogP contribution in [-0.2, 0) is 0 Å². The number of aromatic amines is 1. The summed E-state index contributed by atoms with van der Waals surface area (Å²) in [6, 6.07) is 5.54. The van der Waals surface area contributed by atoms with Crippen molar-refractivity contribution in [3.63, 3.8) is 0 Å².